The lowest BCUT2D eigenvalue weighted by Crippen LogP contribution is -2.37. The van der Waals surface area contributed by atoms with Gasteiger partial charge < -0.3 is 14.8 Å². The van der Waals surface area contributed by atoms with Crippen molar-refractivity contribution in [3.05, 3.63) is 60.4 Å². The highest BCUT2D eigenvalue weighted by Gasteiger charge is 2.18. The Kier molecular flexibility index (Phi) is 6.81. The van der Waals surface area contributed by atoms with Gasteiger partial charge in [0.1, 0.15) is 17.3 Å². The number of amidine groups is 1. The number of halogens is 2. The van der Waals surface area contributed by atoms with Gasteiger partial charge in [0.2, 0.25) is 0 Å². The molecule has 0 aliphatic carbocycles. The summed E-state index contributed by atoms with van der Waals surface area (Å²) < 4.78 is 34.7. The van der Waals surface area contributed by atoms with Crippen LogP contribution in [0.1, 0.15) is 12.5 Å². The van der Waals surface area contributed by atoms with E-state index < -0.39 is 12.6 Å². The van der Waals surface area contributed by atoms with Gasteiger partial charge in [-0.25, -0.2) is 4.79 Å². The Balaban J connectivity index is 1.76. The molecule has 0 fully saturated rings. The van der Waals surface area contributed by atoms with E-state index in [0.29, 0.717) is 17.0 Å². The van der Waals surface area contributed by atoms with Gasteiger partial charge in [-0.3, -0.25) is 15.4 Å². The number of benzene rings is 2. The van der Waals surface area contributed by atoms with Gasteiger partial charge in [0.05, 0.1) is 19.9 Å². The van der Waals surface area contributed by atoms with Crippen LogP contribution in [0.4, 0.5) is 19.3 Å². The first kappa shape index (κ1) is 21.8. The molecule has 31 heavy (non-hydrogen) atoms. The minimum absolute atomic E-state index is 0.00580. The second kappa shape index (κ2) is 9.70. The molecule has 2 amide bonds. The van der Waals surface area contributed by atoms with Crippen LogP contribution in [0.25, 0.3) is 11.1 Å². The predicted molar refractivity (Wildman–Crippen MR) is 112 cm³/mol. The molecule has 3 N–H and O–H groups in total. The van der Waals surface area contributed by atoms with Crippen LogP contribution < -0.4 is 14.8 Å². The first-order valence-corrected chi connectivity index (χ1v) is 9.22. The number of hydrogen-bond acceptors (Lipinski definition) is 5. The number of anilines is 1. The van der Waals surface area contributed by atoms with Gasteiger partial charge in [-0.05, 0) is 36.8 Å². The summed E-state index contributed by atoms with van der Waals surface area (Å²) in [6.45, 7) is -1.48. The Bertz CT molecular complexity index is 1060. The number of hydrogen-bond donors (Lipinski definition) is 3. The first-order valence-electron chi connectivity index (χ1n) is 9.22. The third-order valence-electron chi connectivity index (χ3n) is 4.38. The van der Waals surface area contributed by atoms with E-state index in [9.17, 15) is 13.6 Å². The SMILES string of the molecule is COc1cc(NC(=O)N(Cc2cccc(OC(F)F)c2)C(C)=N)ccc1-c1cn[nH]c1. The van der Waals surface area contributed by atoms with Gasteiger partial charge in [-0.1, -0.05) is 12.1 Å². The van der Waals surface area contributed by atoms with Gasteiger partial charge in [0.15, 0.2) is 0 Å². The summed E-state index contributed by atoms with van der Waals surface area (Å²) in [5.41, 5.74) is 2.63. The zero-order chi connectivity index (χ0) is 22.4. The van der Waals surface area contributed by atoms with Crippen molar-refractivity contribution in [2.24, 2.45) is 0 Å². The summed E-state index contributed by atoms with van der Waals surface area (Å²) in [6, 6.07) is 10.6. The minimum Gasteiger partial charge on any atom is -0.496 e. The summed E-state index contributed by atoms with van der Waals surface area (Å²) in [4.78, 5) is 14.0. The lowest BCUT2D eigenvalue weighted by molar-refractivity contribution is -0.0499. The molecule has 1 aromatic heterocycles. The molecule has 0 bridgehead atoms. The van der Waals surface area contributed by atoms with E-state index in [4.69, 9.17) is 10.1 Å². The van der Waals surface area contributed by atoms with E-state index in [1.165, 1.54) is 31.1 Å². The highest BCUT2D eigenvalue weighted by molar-refractivity contribution is 6.01. The topological polar surface area (TPSA) is 103 Å². The van der Waals surface area contributed by atoms with Crippen LogP contribution in [0.15, 0.2) is 54.9 Å². The molecular weight excluding hydrogens is 408 g/mol. The molecular formula is C21H21F2N5O3. The van der Waals surface area contributed by atoms with E-state index in [1.807, 2.05) is 0 Å². The number of aromatic amines is 1. The fourth-order valence-electron chi connectivity index (χ4n) is 2.94. The average Bonchev–Trinajstić information content (AvgIpc) is 3.26. The Morgan fingerprint density at radius 3 is 2.74 bits per heavy atom. The Labute approximate surface area is 177 Å². The normalized spacial score (nSPS) is 10.6. The average molecular weight is 429 g/mol. The number of carbonyl (C=O) groups is 1. The van der Waals surface area contributed by atoms with Crippen LogP contribution in [0.3, 0.4) is 0 Å². The second-order valence-corrected chi connectivity index (χ2v) is 6.53. The molecule has 10 heteroatoms. The van der Waals surface area contributed by atoms with Crippen LogP contribution in [-0.4, -0.2) is 40.7 Å². The van der Waals surface area contributed by atoms with Gasteiger partial charge in [0, 0.05) is 29.1 Å². The van der Waals surface area contributed by atoms with Crippen molar-refractivity contribution < 1.29 is 23.0 Å². The Morgan fingerprint density at radius 1 is 1.29 bits per heavy atom. The summed E-state index contributed by atoms with van der Waals surface area (Å²) in [7, 11) is 1.52. The number of nitrogens with zero attached hydrogens (tertiary/aromatic N) is 2. The molecule has 0 aliphatic heterocycles. The first-order chi connectivity index (χ1) is 14.9. The summed E-state index contributed by atoms with van der Waals surface area (Å²) in [6.07, 6.45) is 3.38. The number of amides is 2. The number of carbonyl (C=O) groups excluding carboxylic acids is 1. The lowest BCUT2D eigenvalue weighted by Gasteiger charge is -2.22. The van der Waals surface area contributed by atoms with Gasteiger partial charge in [0.25, 0.3) is 0 Å². The third kappa shape index (κ3) is 5.56. The highest BCUT2D eigenvalue weighted by Crippen LogP contribution is 2.32. The monoisotopic (exact) mass is 429 g/mol. The molecule has 8 nitrogen and oxygen atoms in total. The van der Waals surface area contributed by atoms with Gasteiger partial charge in [-0.15, -0.1) is 0 Å². The standard InChI is InChI=1S/C21H21F2N5O3/c1-13(24)28(12-14-4-3-5-17(8-14)31-20(22)23)21(29)27-16-6-7-18(19(9-16)30-2)15-10-25-26-11-15/h3-11,20,24H,12H2,1-2H3,(H,25,26)(H,27,29). The van der Waals surface area contributed by atoms with Crippen LogP contribution in [-0.2, 0) is 6.54 Å². The molecule has 0 saturated heterocycles. The number of rotatable bonds is 7. The van der Waals surface area contributed by atoms with Crippen molar-refractivity contribution in [1.82, 2.24) is 15.1 Å². The van der Waals surface area contributed by atoms with Crippen molar-refractivity contribution in [3.8, 4) is 22.6 Å². The fourth-order valence-corrected chi connectivity index (χ4v) is 2.94. The number of aromatic nitrogens is 2. The smallest absolute Gasteiger partial charge is 0.387 e. The quantitative estimate of drug-likeness (QED) is 0.374. The highest BCUT2D eigenvalue weighted by atomic mass is 19.3. The number of alkyl halides is 2. The number of urea groups is 1. The molecule has 3 aromatic rings. The van der Waals surface area contributed by atoms with E-state index in [1.54, 1.807) is 42.7 Å². The maximum Gasteiger partial charge on any atom is 0.387 e. The van der Waals surface area contributed by atoms with Crippen LogP contribution in [0.5, 0.6) is 11.5 Å². The van der Waals surface area contributed by atoms with E-state index >= 15 is 0 Å². The fraction of sp³-hybridized carbons (Fsp3) is 0.190. The molecule has 0 radical (unpaired) electrons. The third-order valence-corrected chi connectivity index (χ3v) is 4.38. The molecule has 3 rings (SSSR count). The Morgan fingerprint density at radius 2 is 2.10 bits per heavy atom. The molecule has 162 valence electrons. The van der Waals surface area contributed by atoms with Crippen LogP contribution in [0.2, 0.25) is 0 Å². The van der Waals surface area contributed by atoms with Crippen molar-refractivity contribution in [2.45, 2.75) is 20.1 Å². The lowest BCUT2D eigenvalue weighted by atomic mass is 10.1. The minimum atomic E-state index is -2.95. The number of nitrogens with one attached hydrogen (secondary N) is 3. The molecule has 2 aromatic carbocycles. The second-order valence-electron chi connectivity index (χ2n) is 6.53. The number of methoxy groups -OCH3 is 1. The zero-order valence-electron chi connectivity index (χ0n) is 16.9. The van der Waals surface area contributed by atoms with Crippen molar-refractivity contribution in [1.29, 1.82) is 5.41 Å². The number of H-pyrrole nitrogens is 1. The summed E-state index contributed by atoms with van der Waals surface area (Å²) in [5.74, 6) is 0.504. The summed E-state index contributed by atoms with van der Waals surface area (Å²) >= 11 is 0. The van der Waals surface area contributed by atoms with E-state index in [-0.39, 0.29) is 18.1 Å². The predicted octanol–water partition coefficient (Wildman–Crippen LogP) is 4.72. The molecule has 1 heterocycles. The van der Waals surface area contributed by atoms with E-state index in [2.05, 4.69) is 20.3 Å². The maximum atomic E-state index is 12.8. The largest absolute Gasteiger partial charge is 0.496 e. The van der Waals surface area contributed by atoms with Crippen molar-refractivity contribution in [2.75, 3.05) is 12.4 Å². The molecule has 0 aliphatic rings. The zero-order valence-corrected chi connectivity index (χ0v) is 16.9. The number of ether oxygens (including phenoxy) is 2. The van der Waals surface area contributed by atoms with Crippen molar-refractivity contribution >= 4 is 17.6 Å². The molecule has 0 unspecified atom stereocenters. The van der Waals surface area contributed by atoms with Crippen molar-refractivity contribution in [3.63, 3.8) is 0 Å². The molecule has 0 saturated carbocycles. The maximum absolute atomic E-state index is 12.8. The van der Waals surface area contributed by atoms with Gasteiger partial charge >= 0.3 is 12.6 Å². The molecule has 0 spiro atoms. The van der Waals surface area contributed by atoms with E-state index in [0.717, 1.165) is 11.1 Å². The van der Waals surface area contributed by atoms with Crippen LogP contribution >= 0.6 is 0 Å². The summed E-state index contributed by atoms with van der Waals surface area (Å²) in [5, 5.41) is 17.3. The molecule has 0 atom stereocenters. The van der Waals surface area contributed by atoms with Crippen LogP contribution in [0, 0.1) is 5.41 Å². The van der Waals surface area contributed by atoms with Gasteiger partial charge in [-0.2, -0.15) is 13.9 Å². The Hall–Kier alpha value is -3.95.